The van der Waals surface area contributed by atoms with Crippen molar-refractivity contribution in [1.29, 1.82) is 0 Å². The standard InChI is InChI=1S/C19H18N2O5/c1-26-15-4-2-3-14(10-15)21-17(22)11-16(19(21)25)20-13-7-5-12(6-8-13)9-18(23)24/h2-8,10,16,20H,9,11H2,1H3,(H,23,24). The smallest absolute Gasteiger partial charge is 0.307 e. The van der Waals surface area contributed by atoms with Gasteiger partial charge in [-0.25, -0.2) is 4.90 Å². The lowest BCUT2D eigenvalue weighted by Gasteiger charge is -2.17. The molecule has 0 aromatic heterocycles. The lowest BCUT2D eigenvalue weighted by molar-refractivity contribution is -0.136. The number of nitrogens with one attached hydrogen (secondary N) is 1. The van der Waals surface area contributed by atoms with E-state index in [1.54, 1.807) is 48.5 Å². The second-order valence-electron chi connectivity index (χ2n) is 5.94. The van der Waals surface area contributed by atoms with E-state index in [9.17, 15) is 14.4 Å². The van der Waals surface area contributed by atoms with Gasteiger partial charge in [0.05, 0.1) is 25.6 Å². The van der Waals surface area contributed by atoms with Crippen molar-refractivity contribution in [3.05, 3.63) is 54.1 Å². The molecular formula is C19H18N2O5. The fourth-order valence-electron chi connectivity index (χ4n) is 2.86. The summed E-state index contributed by atoms with van der Waals surface area (Å²) >= 11 is 0. The molecule has 1 saturated heterocycles. The summed E-state index contributed by atoms with van der Waals surface area (Å²) in [5.41, 5.74) is 1.79. The van der Waals surface area contributed by atoms with E-state index in [-0.39, 0.29) is 24.7 Å². The molecule has 0 radical (unpaired) electrons. The molecule has 2 amide bonds. The molecule has 1 atom stereocenters. The van der Waals surface area contributed by atoms with E-state index < -0.39 is 12.0 Å². The molecule has 1 fully saturated rings. The molecule has 7 heteroatoms. The third-order valence-corrected chi connectivity index (χ3v) is 4.11. The van der Waals surface area contributed by atoms with Gasteiger partial charge in [-0.2, -0.15) is 0 Å². The Kier molecular flexibility index (Phi) is 4.88. The fraction of sp³-hybridized carbons (Fsp3) is 0.211. The zero-order chi connectivity index (χ0) is 18.7. The van der Waals surface area contributed by atoms with E-state index in [0.717, 1.165) is 4.90 Å². The van der Waals surface area contributed by atoms with Crippen molar-refractivity contribution in [2.75, 3.05) is 17.3 Å². The van der Waals surface area contributed by atoms with Crippen LogP contribution in [-0.4, -0.2) is 36.0 Å². The summed E-state index contributed by atoms with van der Waals surface area (Å²) < 4.78 is 5.14. The maximum absolute atomic E-state index is 12.7. The maximum atomic E-state index is 12.7. The Bertz CT molecular complexity index is 847. The number of nitrogens with zero attached hydrogens (tertiary/aromatic N) is 1. The summed E-state index contributed by atoms with van der Waals surface area (Å²) in [5.74, 6) is -0.967. The summed E-state index contributed by atoms with van der Waals surface area (Å²) in [6.45, 7) is 0. The molecule has 2 N–H and O–H groups in total. The zero-order valence-electron chi connectivity index (χ0n) is 14.1. The van der Waals surface area contributed by atoms with E-state index in [0.29, 0.717) is 22.7 Å². The predicted octanol–water partition coefficient (Wildman–Crippen LogP) is 2.07. The third kappa shape index (κ3) is 3.66. The minimum Gasteiger partial charge on any atom is -0.497 e. The number of carbonyl (C=O) groups is 3. The first-order chi connectivity index (χ1) is 12.5. The van der Waals surface area contributed by atoms with Crippen molar-refractivity contribution >= 4 is 29.2 Å². The van der Waals surface area contributed by atoms with Gasteiger partial charge in [0, 0.05) is 11.8 Å². The number of amides is 2. The van der Waals surface area contributed by atoms with E-state index in [2.05, 4.69) is 5.32 Å². The Hall–Kier alpha value is -3.35. The molecule has 3 rings (SSSR count). The number of carboxylic acid groups (broad SMARTS) is 1. The maximum Gasteiger partial charge on any atom is 0.307 e. The summed E-state index contributed by atoms with van der Waals surface area (Å²) in [7, 11) is 1.52. The van der Waals surface area contributed by atoms with Gasteiger partial charge in [0.2, 0.25) is 5.91 Å². The molecule has 2 aromatic carbocycles. The van der Waals surface area contributed by atoms with E-state index >= 15 is 0 Å². The number of carbonyl (C=O) groups excluding carboxylic acids is 2. The van der Waals surface area contributed by atoms with Gasteiger partial charge in [-0.05, 0) is 29.8 Å². The Morgan fingerprint density at radius 1 is 1.23 bits per heavy atom. The highest BCUT2D eigenvalue weighted by Crippen LogP contribution is 2.27. The van der Waals surface area contributed by atoms with Crippen LogP contribution >= 0.6 is 0 Å². The second-order valence-corrected chi connectivity index (χ2v) is 5.94. The molecule has 1 aliphatic heterocycles. The zero-order valence-corrected chi connectivity index (χ0v) is 14.1. The predicted molar refractivity (Wildman–Crippen MR) is 95.3 cm³/mol. The normalized spacial score (nSPS) is 16.7. The molecule has 0 saturated carbocycles. The topological polar surface area (TPSA) is 95.9 Å². The van der Waals surface area contributed by atoms with Gasteiger partial charge < -0.3 is 15.2 Å². The monoisotopic (exact) mass is 354 g/mol. The van der Waals surface area contributed by atoms with Crippen LogP contribution in [0.3, 0.4) is 0 Å². The van der Waals surface area contributed by atoms with Crippen molar-refractivity contribution in [2.24, 2.45) is 0 Å². The molecule has 0 bridgehead atoms. The SMILES string of the molecule is COc1cccc(N2C(=O)CC(Nc3ccc(CC(=O)O)cc3)C2=O)c1. The number of aliphatic carboxylic acids is 1. The number of hydrogen-bond acceptors (Lipinski definition) is 5. The van der Waals surface area contributed by atoms with Gasteiger partial charge in [-0.1, -0.05) is 18.2 Å². The van der Waals surface area contributed by atoms with Crippen LogP contribution in [0.25, 0.3) is 0 Å². The largest absolute Gasteiger partial charge is 0.497 e. The summed E-state index contributed by atoms with van der Waals surface area (Å²) in [6, 6.07) is 12.9. The molecule has 7 nitrogen and oxygen atoms in total. The van der Waals surface area contributed by atoms with Crippen LogP contribution in [0.4, 0.5) is 11.4 Å². The first kappa shape index (κ1) is 17.5. The van der Waals surface area contributed by atoms with Crippen molar-refractivity contribution in [1.82, 2.24) is 0 Å². The average Bonchev–Trinajstić information content (AvgIpc) is 2.90. The number of anilines is 2. The minimum atomic E-state index is -0.906. The Morgan fingerprint density at radius 2 is 1.96 bits per heavy atom. The molecule has 1 aliphatic rings. The molecule has 134 valence electrons. The van der Waals surface area contributed by atoms with Crippen LogP contribution in [0.2, 0.25) is 0 Å². The number of hydrogen-bond donors (Lipinski definition) is 2. The van der Waals surface area contributed by atoms with Gasteiger partial charge in [-0.3, -0.25) is 14.4 Å². The van der Waals surface area contributed by atoms with Gasteiger partial charge in [0.15, 0.2) is 0 Å². The number of ether oxygens (including phenoxy) is 1. The van der Waals surface area contributed by atoms with Crippen LogP contribution in [0.5, 0.6) is 5.75 Å². The molecular weight excluding hydrogens is 336 g/mol. The molecule has 0 aliphatic carbocycles. The first-order valence-electron chi connectivity index (χ1n) is 8.06. The lowest BCUT2D eigenvalue weighted by atomic mass is 10.1. The number of benzene rings is 2. The average molecular weight is 354 g/mol. The number of carboxylic acids is 1. The van der Waals surface area contributed by atoms with Gasteiger partial charge in [0.25, 0.3) is 5.91 Å². The number of methoxy groups -OCH3 is 1. The Morgan fingerprint density at radius 3 is 2.62 bits per heavy atom. The Balaban J connectivity index is 1.73. The molecule has 2 aromatic rings. The third-order valence-electron chi connectivity index (χ3n) is 4.11. The second kappa shape index (κ2) is 7.26. The van der Waals surface area contributed by atoms with E-state index in [1.807, 2.05) is 0 Å². The molecule has 26 heavy (non-hydrogen) atoms. The van der Waals surface area contributed by atoms with E-state index in [1.165, 1.54) is 7.11 Å². The lowest BCUT2D eigenvalue weighted by Crippen LogP contribution is -2.34. The van der Waals surface area contributed by atoms with Crippen LogP contribution in [0, 0.1) is 0 Å². The summed E-state index contributed by atoms with van der Waals surface area (Å²) in [5, 5.41) is 11.8. The van der Waals surface area contributed by atoms with Gasteiger partial charge in [0.1, 0.15) is 11.8 Å². The van der Waals surface area contributed by atoms with Crippen molar-refractivity contribution in [2.45, 2.75) is 18.9 Å². The number of rotatable bonds is 6. The molecule has 0 spiro atoms. The Labute approximate surface area is 150 Å². The highest BCUT2D eigenvalue weighted by molar-refractivity contribution is 6.23. The van der Waals surface area contributed by atoms with Crippen LogP contribution in [0.15, 0.2) is 48.5 Å². The fourth-order valence-corrected chi connectivity index (χ4v) is 2.86. The highest BCUT2D eigenvalue weighted by atomic mass is 16.5. The summed E-state index contributed by atoms with van der Waals surface area (Å²) in [6.07, 6.45) is -0.0162. The first-order valence-corrected chi connectivity index (χ1v) is 8.06. The van der Waals surface area contributed by atoms with Crippen LogP contribution < -0.4 is 15.0 Å². The van der Waals surface area contributed by atoms with Crippen LogP contribution in [-0.2, 0) is 20.8 Å². The van der Waals surface area contributed by atoms with Gasteiger partial charge >= 0.3 is 5.97 Å². The van der Waals surface area contributed by atoms with Crippen molar-refractivity contribution < 1.29 is 24.2 Å². The quantitative estimate of drug-likeness (QED) is 0.771. The van der Waals surface area contributed by atoms with Crippen molar-refractivity contribution in [3.63, 3.8) is 0 Å². The minimum absolute atomic E-state index is 0.0485. The highest BCUT2D eigenvalue weighted by Gasteiger charge is 2.39. The number of imide groups is 1. The van der Waals surface area contributed by atoms with Crippen molar-refractivity contribution in [3.8, 4) is 5.75 Å². The molecule has 1 unspecified atom stereocenters. The van der Waals surface area contributed by atoms with E-state index in [4.69, 9.17) is 9.84 Å². The van der Waals surface area contributed by atoms with Gasteiger partial charge in [-0.15, -0.1) is 0 Å². The summed E-state index contributed by atoms with van der Waals surface area (Å²) in [4.78, 5) is 36.8. The van der Waals surface area contributed by atoms with Crippen LogP contribution in [0.1, 0.15) is 12.0 Å². The molecule has 1 heterocycles.